The highest BCUT2D eigenvalue weighted by atomic mass is 79.9. The van der Waals surface area contributed by atoms with Crippen LogP contribution in [0.2, 0.25) is 0 Å². The molecule has 4 nitrogen and oxygen atoms in total. The van der Waals surface area contributed by atoms with Gasteiger partial charge >= 0.3 is 0 Å². The third-order valence-corrected chi connectivity index (χ3v) is 2.89. The van der Waals surface area contributed by atoms with Crippen molar-refractivity contribution >= 4 is 28.1 Å². The second-order valence-electron chi connectivity index (χ2n) is 3.80. The smallest absolute Gasteiger partial charge is 0.271 e. The van der Waals surface area contributed by atoms with Crippen LogP contribution in [0.15, 0.2) is 58.1 Å². The van der Waals surface area contributed by atoms with Gasteiger partial charge in [0.25, 0.3) is 5.91 Å². The van der Waals surface area contributed by atoms with Crippen molar-refractivity contribution in [2.24, 2.45) is 5.10 Å². The number of rotatable bonds is 3. The second kappa shape index (κ2) is 6.15. The molecule has 2 aromatic carbocycles. The van der Waals surface area contributed by atoms with Crippen molar-refractivity contribution in [2.75, 3.05) is 0 Å². The summed E-state index contributed by atoms with van der Waals surface area (Å²) in [7, 11) is 0. The zero-order chi connectivity index (χ0) is 13.7. The fourth-order valence-electron chi connectivity index (χ4n) is 1.44. The lowest BCUT2D eigenvalue weighted by Gasteiger charge is -2.00. The predicted octanol–water partition coefficient (Wildman–Crippen LogP) is 2.92. The molecule has 0 unspecified atom stereocenters. The number of nitrogens with one attached hydrogen (secondary N) is 1. The fraction of sp³-hybridized carbons (Fsp3) is 0. The maximum atomic E-state index is 11.7. The number of hydrogen-bond donors (Lipinski definition) is 2. The molecule has 5 heteroatoms. The zero-order valence-electron chi connectivity index (χ0n) is 9.88. The Morgan fingerprint density at radius 3 is 2.63 bits per heavy atom. The molecule has 0 bridgehead atoms. The van der Waals surface area contributed by atoms with Crippen LogP contribution in [0.1, 0.15) is 15.9 Å². The molecule has 0 aliphatic heterocycles. The third kappa shape index (κ3) is 3.93. The first-order valence-electron chi connectivity index (χ1n) is 5.53. The van der Waals surface area contributed by atoms with Gasteiger partial charge in [0.1, 0.15) is 5.75 Å². The van der Waals surface area contributed by atoms with Crippen LogP contribution in [-0.4, -0.2) is 17.2 Å². The summed E-state index contributed by atoms with van der Waals surface area (Å²) < 4.78 is 0.910. The maximum absolute atomic E-state index is 11.7. The van der Waals surface area contributed by atoms with Gasteiger partial charge in [0.2, 0.25) is 0 Å². The Bertz CT molecular complexity index is 609. The molecule has 1 amide bonds. The molecule has 0 aliphatic carbocycles. The van der Waals surface area contributed by atoms with E-state index in [1.807, 2.05) is 0 Å². The predicted molar refractivity (Wildman–Crippen MR) is 77.3 cm³/mol. The average molecular weight is 319 g/mol. The molecule has 2 aromatic rings. The van der Waals surface area contributed by atoms with Crippen molar-refractivity contribution in [1.29, 1.82) is 0 Å². The van der Waals surface area contributed by atoms with Crippen LogP contribution in [0.4, 0.5) is 0 Å². The van der Waals surface area contributed by atoms with Gasteiger partial charge in [0, 0.05) is 10.0 Å². The first-order valence-corrected chi connectivity index (χ1v) is 6.32. The lowest BCUT2D eigenvalue weighted by molar-refractivity contribution is 0.0955. The van der Waals surface area contributed by atoms with Crippen molar-refractivity contribution < 1.29 is 9.90 Å². The minimum atomic E-state index is -0.288. The summed E-state index contributed by atoms with van der Waals surface area (Å²) >= 11 is 3.30. The summed E-state index contributed by atoms with van der Waals surface area (Å²) in [4.78, 5) is 11.7. The van der Waals surface area contributed by atoms with Gasteiger partial charge in [0.05, 0.1) is 6.21 Å². The number of amides is 1. The maximum Gasteiger partial charge on any atom is 0.271 e. The van der Waals surface area contributed by atoms with Gasteiger partial charge in [-0.3, -0.25) is 4.79 Å². The van der Waals surface area contributed by atoms with E-state index in [-0.39, 0.29) is 11.7 Å². The second-order valence-corrected chi connectivity index (χ2v) is 4.72. The monoisotopic (exact) mass is 318 g/mol. The average Bonchev–Trinajstić information content (AvgIpc) is 2.39. The first kappa shape index (κ1) is 13.3. The Labute approximate surface area is 118 Å². The van der Waals surface area contributed by atoms with Gasteiger partial charge in [-0.05, 0) is 42.0 Å². The van der Waals surface area contributed by atoms with Crippen molar-refractivity contribution in [3.63, 3.8) is 0 Å². The Morgan fingerprint density at radius 2 is 1.95 bits per heavy atom. The number of nitrogens with zero attached hydrogens (tertiary/aromatic N) is 1. The highest BCUT2D eigenvalue weighted by Crippen LogP contribution is 2.10. The van der Waals surface area contributed by atoms with Crippen molar-refractivity contribution in [2.45, 2.75) is 0 Å². The summed E-state index contributed by atoms with van der Waals surface area (Å²) in [5.74, 6) is -0.132. The third-order valence-electron chi connectivity index (χ3n) is 2.36. The minimum Gasteiger partial charge on any atom is -0.508 e. The summed E-state index contributed by atoms with van der Waals surface area (Å²) in [5.41, 5.74) is 3.65. The number of hydrogen-bond acceptors (Lipinski definition) is 3. The Morgan fingerprint density at radius 1 is 1.21 bits per heavy atom. The van der Waals surface area contributed by atoms with E-state index in [9.17, 15) is 9.90 Å². The topological polar surface area (TPSA) is 61.7 Å². The summed E-state index contributed by atoms with van der Waals surface area (Å²) in [6.07, 6.45) is 1.47. The molecule has 0 heterocycles. The van der Waals surface area contributed by atoms with E-state index in [2.05, 4.69) is 26.5 Å². The van der Waals surface area contributed by atoms with Crippen molar-refractivity contribution in [3.8, 4) is 5.75 Å². The molecule has 0 aliphatic rings. The standard InChI is InChI=1S/C14H11BrN2O2/c15-12-6-4-11(5-7-12)14(19)17-16-9-10-2-1-3-13(18)8-10/h1-9,18H,(H,17,19). The molecule has 19 heavy (non-hydrogen) atoms. The summed E-state index contributed by atoms with van der Waals surface area (Å²) in [6.45, 7) is 0. The van der Waals surface area contributed by atoms with E-state index in [1.54, 1.807) is 48.5 Å². The number of hydrazone groups is 1. The number of phenols is 1. The normalized spacial score (nSPS) is 10.6. The van der Waals surface area contributed by atoms with Crippen LogP contribution in [0.25, 0.3) is 0 Å². The zero-order valence-corrected chi connectivity index (χ0v) is 11.5. The van der Waals surface area contributed by atoms with Gasteiger partial charge in [-0.1, -0.05) is 28.1 Å². The Hall–Kier alpha value is -2.14. The Balaban J connectivity index is 1.98. The van der Waals surface area contributed by atoms with E-state index in [0.29, 0.717) is 11.1 Å². The number of carbonyl (C=O) groups excluding carboxylic acids is 1. The van der Waals surface area contributed by atoms with E-state index >= 15 is 0 Å². The SMILES string of the molecule is O=C(NN=Cc1cccc(O)c1)c1ccc(Br)cc1. The van der Waals surface area contributed by atoms with Gasteiger partial charge in [-0.2, -0.15) is 5.10 Å². The largest absolute Gasteiger partial charge is 0.508 e. The molecule has 0 fully saturated rings. The minimum absolute atomic E-state index is 0.156. The van der Waals surface area contributed by atoms with Crippen molar-refractivity contribution in [1.82, 2.24) is 5.43 Å². The van der Waals surface area contributed by atoms with Gasteiger partial charge < -0.3 is 5.11 Å². The van der Waals surface area contributed by atoms with Gasteiger partial charge in [0.15, 0.2) is 0 Å². The number of benzene rings is 2. The fourth-order valence-corrected chi connectivity index (χ4v) is 1.70. The molecule has 2 rings (SSSR count). The lowest BCUT2D eigenvalue weighted by Crippen LogP contribution is -2.17. The van der Waals surface area contributed by atoms with E-state index < -0.39 is 0 Å². The molecule has 0 aromatic heterocycles. The molecule has 0 saturated carbocycles. The highest BCUT2D eigenvalue weighted by molar-refractivity contribution is 9.10. The summed E-state index contributed by atoms with van der Waals surface area (Å²) in [6, 6.07) is 13.6. The summed E-state index contributed by atoms with van der Waals surface area (Å²) in [5, 5.41) is 13.1. The molecule has 96 valence electrons. The highest BCUT2D eigenvalue weighted by Gasteiger charge is 2.02. The first-order chi connectivity index (χ1) is 9.15. The van der Waals surface area contributed by atoms with Gasteiger partial charge in [-0.15, -0.1) is 0 Å². The molecular weight excluding hydrogens is 308 g/mol. The van der Waals surface area contributed by atoms with Crippen LogP contribution in [0.3, 0.4) is 0 Å². The van der Waals surface area contributed by atoms with E-state index in [0.717, 1.165) is 4.47 Å². The van der Waals surface area contributed by atoms with Crippen LogP contribution < -0.4 is 5.43 Å². The molecule has 0 atom stereocenters. The quantitative estimate of drug-likeness (QED) is 0.675. The van der Waals surface area contributed by atoms with Crippen LogP contribution >= 0.6 is 15.9 Å². The van der Waals surface area contributed by atoms with Gasteiger partial charge in [-0.25, -0.2) is 5.43 Å². The number of halogens is 1. The molecule has 0 spiro atoms. The number of carbonyl (C=O) groups is 1. The lowest BCUT2D eigenvalue weighted by atomic mass is 10.2. The van der Waals surface area contributed by atoms with Crippen LogP contribution in [0.5, 0.6) is 5.75 Å². The van der Waals surface area contributed by atoms with E-state index in [1.165, 1.54) is 6.21 Å². The van der Waals surface area contributed by atoms with E-state index in [4.69, 9.17) is 0 Å². The molecular formula is C14H11BrN2O2. The molecule has 2 N–H and O–H groups in total. The Kier molecular flexibility index (Phi) is 4.30. The van der Waals surface area contributed by atoms with Crippen LogP contribution in [0, 0.1) is 0 Å². The molecule has 0 saturated heterocycles. The molecule has 0 radical (unpaired) electrons. The number of phenolic OH excluding ortho intramolecular Hbond substituents is 1. The van der Waals surface area contributed by atoms with Crippen LogP contribution in [-0.2, 0) is 0 Å². The van der Waals surface area contributed by atoms with Crippen molar-refractivity contribution in [3.05, 3.63) is 64.1 Å². The number of aromatic hydroxyl groups is 1.